The SMILES string of the molecule is CCOC(=O)c1c(-c2ccc(Cl)cc2)csc1NC(=O)c1ccn2cc(C)nc2c1. The smallest absolute Gasteiger partial charge is 0.341 e. The Hall–Kier alpha value is -3.16. The van der Waals surface area contributed by atoms with E-state index in [0.29, 0.717) is 32.4 Å². The van der Waals surface area contributed by atoms with Crippen molar-refractivity contribution in [1.29, 1.82) is 0 Å². The third-order valence-corrected chi connectivity index (χ3v) is 5.64. The summed E-state index contributed by atoms with van der Waals surface area (Å²) in [7, 11) is 0. The molecule has 0 aliphatic rings. The van der Waals surface area contributed by atoms with Crippen LogP contribution in [0, 0.1) is 6.92 Å². The minimum Gasteiger partial charge on any atom is -0.462 e. The normalized spacial score (nSPS) is 10.9. The van der Waals surface area contributed by atoms with Gasteiger partial charge >= 0.3 is 5.97 Å². The number of carbonyl (C=O) groups excluding carboxylic acids is 2. The number of amides is 1. The Bertz CT molecular complexity index is 1240. The topological polar surface area (TPSA) is 72.7 Å². The average Bonchev–Trinajstić information content (AvgIpc) is 3.30. The first-order chi connectivity index (χ1) is 14.5. The van der Waals surface area contributed by atoms with E-state index in [2.05, 4.69) is 10.3 Å². The maximum Gasteiger partial charge on any atom is 0.341 e. The number of hydrogen-bond donors (Lipinski definition) is 1. The Kier molecular flexibility index (Phi) is 5.57. The fourth-order valence-electron chi connectivity index (χ4n) is 3.12. The van der Waals surface area contributed by atoms with Crippen LogP contribution in [0.4, 0.5) is 5.00 Å². The van der Waals surface area contributed by atoms with Crippen LogP contribution in [0.15, 0.2) is 54.2 Å². The molecular formula is C22H18ClN3O3S. The third-order valence-electron chi connectivity index (χ3n) is 4.50. The molecule has 6 nitrogen and oxygen atoms in total. The molecular weight excluding hydrogens is 422 g/mol. The zero-order valence-electron chi connectivity index (χ0n) is 16.3. The van der Waals surface area contributed by atoms with Crippen molar-refractivity contribution in [3.05, 3.63) is 76.0 Å². The number of ether oxygens (including phenoxy) is 1. The highest BCUT2D eigenvalue weighted by Gasteiger charge is 2.23. The first kappa shape index (κ1) is 20.1. The van der Waals surface area contributed by atoms with Crippen molar-refractivity contribution in [2.45, 2.75) is 13.8 Å². The quantitative estimate of drug-likeness (QED) is 0.419. The molecule has 4 rings (SSSR count). The van der Waals surface area contributed by atoms with Crippen LogP contribution in [0.1, 0.15) is 33.3 Å². The summed E-state index contributed by atoms with van der Waals surface area (Å²) in [6.07, 6.45) is 3.66. The van der Waals surface area contributed by atoms with Crippen molar-refractivity contribution in [1.82, 2.24) is 9.38 Å². The molecule has 0 fully saturated rings. The molecule has 0 saturated heterocycles. The lowest BCUT2D eigenvalue weighted by molar-refractivity contribution is 0.0529. The minimum atomic E-state index is -0.488. The number of esters is 1. The summed E-state index contributed by atoms with van der Waals surface area (Å²) in [5, 5.41) is 5.72. The van der Waals surface area contributed by atoms with Crippen molar-refractivity contribution in [3.63, 3.8) is 0 Å². The summed E-state index contributed by atoms with van der Waals surface area (Å²) < 4.78 is 7.08. The minimum absolute atomic E-state index is 0.234. The van der Waals surface area contributed by atoms with Crippen molar-refractivity contribution >= 4 is 45.5 Å². The Morgan fingerprint density at radius 3 is 2.73 bits per heavy atom. The molecule has 1 amide bonds. The van der Waals surface area contributed by atoms with Gasteiger partial charge in [-0.1, -0.05) is 23.7 Å². The van der Waals surface area contributed by atoms with E-state index in [-0.39, 0.29) is 12.5 Å². The summed E-state index contributed by atoms with van der Waals surface area (Å²) in [5.74, 6) is -0.813. The highest BCUT2D eigenvalue weighted by molar-refractivity contribution is 7.15. The second kappa shape index (κ2) is 8.30. The Labute approximate surface area is 182 Å². The molecule has 0 spiro atoms. The van der Waals surface area contributed by atoms with E-state index < -0.39 is 5.97 Å². The van der Waals surface area contributed by atoms with Crippen molar-refractivity contribution in [3.8, 4) is 11.1 Å². The first-order valence-electron chi connectivity index (χ1n) is 9.27. The number of fused-ring (bicyclic) bond motifs is 1. The number of halogens is 1. The molecule has 0 aliphatic heterocycles. The number of thiophene rings is 1. The largest absolute Gasteiger partial charge is 0.462 e. The van der Waals surface area contributed by atoms with Gasteiger partial charge in [-0.05, 0) is 43.7 Å². The second-order valence-corrected chi connectivity index (χ2v) is 7.91. The number of rotatable bonds is 5. The predicted molar refractivity (Wildman–Crippen MR) is 119 cm³/mol. The van der Waals surface area contributed by atoms with E-state index in [0.717, 1.165) is 11.3 Å². The zero-order valence-corrected chi connectivity index (χ0v) is 17.9. The molecule has 1 N–H and O–H groups in total. The van der Waals surface area contributed by atoms with Crippen LogP contribution in [-0.4, -0.2) is 27.9 Å². The van der Waals surface area contributed by atoms with E-state index >= 15 is 0 Å². The van der Waals surface area contributed by atoms with Gasteiger partial charge < -0.3 is 14.5 Å². The summed E-state index contributed by atoms with van der Waals surface area (Å²) in [6.45, 7) is 3.87. The average molecular weight is 440 g/mol. The Morgan fingerprint density at radius 2 is 2.00 bits per heavy atom. The molecule has 8 heteroatoms. The molecule has 0 atom stereocenters. The molecule has 0 unspecified atom stereocenters. The molecule has 0 saturated carbocycles. The van der Waals surface area contributed by atoms with Gasteiger partial charge in [0.1, 0.15) is 16.2 Å². The molecule has 152 valence electrons. The van der Waals surface area contributed by atoms with Gasteiger partial charge in [0.25, 0.3) is 5.91 Å². The van der Waals surface area contributed by atoms with Crippen molar-refractivity contribution in [2.24, 2.45) is 0 Å². The fourth-order valence-corrected chi connectivity index (χ4v) is 4.20. The van der Waals surface area contributed by atoms with Crippen LogP contribution in [0.5, 0.6) is 0 Å². The first-order valence-corrected chi connectivity index (χ1v) is 10.5. The number of nitrogens with zero attached hydrogens (tertiary/aromatic N) is 2. The van der Waals surface area contributed by atoms with Gasteiger partial charge in [0, 0.05) is 33.9 Å². The monoisotopic (exact) mass is 439 g/mol. The standard InChI is InChI=1S/C22H18ClN3O3S/c1-3-29-22(28)19-17(14-4-6-16(23)7-5-14)12-30-21(19)25-20(27)15-8-9-26-11-13(2)24-18(26)10-15/h4-12H,3H2,1-2H3,(H,25,27). The van der Waals surface area contributed by atoms with Crippen LogP contribution in [-0.2, 0) is 4.74 Å². The van der Waals surface area contributed by atoms with Crippen molar-refractivity contribution in [2.75, 3.05) is 11.9 Å². The molecule has 3 heterocycles. The number of pyridine rings is 1. The Balaban J connectivity index is 1.69. The number of anilines is 1. The maximum absolute atomic E-state index is 12.9. The van der Waals surface area contributed by atoms with Crippen LogP contribution in [0.25, 0.3) is 16.8 Å². The molecule has 3 aromatic heterocycles. The maximum atomic E-state index is 12.9. The molecule has 4 aromatic rings. The van der Waals surface area contributed by atoms with Gasteiger partial charge in [-0.15, -0.1) is 11.3 Å². The summed E-state index contributed by atoms with van der Waals surface area (Å²) >= 11 is 7.26. The van der Waals surface area contributed by atoms with E-state index in [1.165, 1.54) is 11.3 Å². The van der Waals surface area contributed by atoms with E-state index in [9.17, 15) is 9.59 Å². The number of carbonyl (C=O) groups is 2. The van der Waals surface area contributed by atoms with Gasteiger partial charge in [0.15, 0.2) is 0 Å². The van der Waals surface area contributed by atoms with E-state index in [4.69, 9.17) is 16.3 Å². The molecule has 0 aliphatic carbocycles. The molecule has 30 heavy (non-hydrogen) atoms. The lowest BCUT2D eigenvalue weighted by atomic mass is 10.0. The van der Waals surface area contributed by atoms with Gasteiger partial charge in [-0.3, -0.25) is 4.79 Å². The van der Waals surface area contributed by atoms with Gasteiger partial charge in [-0.2, -0.15) is 0 Å². The number of aromatic nitrogens is 2. The summed E-state index contributed by atoms with van der Waals surface area (Å²) in [4.78, 5) is 29.9. The highest BCUT2D eigenvalue weighted by atomic mass is 35.5. The number of hydrogen-bond acceptors (Lipinski definition) is 5. The van der Waals surface area contributed by atoms with Gasteiger partial charge in [0.2, 0.25) is 0 Å². The summed E-state index contributed by atoms with van der Waals surface area (Å²) in [6, 6.07) is 10.6. The van der Waals surface area contributed by atoms with E-state index in [1.807, 2.05) is 35.0 Å². The van der Waals surface area contributed by atoms with Crippen molar-refractivity contribution < 1.29 is 14.3 Å². The van der Waals surface area contributed by atoms with Crippen LogP contribution < -0.4 is 5.32 Å². The van der Waals surface area contributed by atoms with Gasteiger partial charge in [0.05, 0.1) is 12.3 Å². The number of imidazole rings is 1. The summed E-state index contributed by atoms with van der Waals surface area (Å²) in [5.41, 5.74) is 3.82. The third kappa shape index (κ3) is 3.94. The fraction of sp³-hybridized carbons (Fsp3) is 0.136. The van der Waals surface area contributed by atoms with Crippen LogP contribution in [0.2, 0.25) is 5.02 Å². The molecule has 0 bridgehead atoms. The number of aryl methyl sites for hydroxylation is 1. The number of nitrogens with one attached hydrogen (secondary N) is 1. The van der Waals surface area contributed by atoms with Crippen LogP contribution in [0.3, 0.4) is 0 Å². The van der Waals surface area contributed by atoms with Gasteiger partial charge in [-0.25, -0.2) is 9.78 Å². The highest BCUT2D eigenvalue weighted by Crippen LogP contribution is 2.37. The lowest BCUT2D eigenvalue weighted by Gasteiger charge is -2.09. The second-order valence-electron chi connectivity index (χ2n) is 6.60. The zero-order chi connectivity index (χ0) is 21.3. The lowest BCUT2D eigenvalue weighted by Crippen LogP contribution is -2.15. The van der Waals surface area contributed by atoms with Crippen LogP contribution >= 0.6 is 22.9 Å². The van der Waals surface area contributed by atoms with E-state index in [1.54, 1.807) is 37.4 Å². The number of benzene rings is 1. The molecule has 0 radical (unpaired) electrons. The Morgan fingerprint density at radius 1 is 1.23 bits per heavy atom. The predicted octanol–water partition coefficient (Wildman–Crippen LogP) is 5.45. The molecule has 1 aromatic carbocycles.